The van der Waals surface area contributed by atoms with Crippen molar-refractivity contribution in [3.05, 3.63) is 64.7 Å². The predicted octanol–water partition coefficient (Wildman–Crippen LogP) is 2.88. The lowest BCUT2D eigenvalue weighted by atomic mass is 9.86. The molecule has 2 aromatic rings. The van der Waals surface area contributed by atoms with Gasteiger partial charge in [0.25, 0.3) is 5.91 Å². The van der Waals surface area contributed by atoms with Crippen LogP contribution in [0.3, 0.4) is 0 Å². The van der Waals surface area contributed by atoms with Gasteiger partial charge in [-0.3, -0.25) is 9.59 Å². The van der Waals surface area contributed by atoms with Gasteiger partial charge in [0.1, 0.15) is 12.4 Å². The van der Waals surface area contributed by atoms with Gasteiger partial charge < -0.3 is 10.5 Å². The molecule has 4 nitrogen and oxygen atoms in total. The third-order valence-corrected chi connectivity index (χ3v) is 3.89. The first-order chi connectivity index (χ1) is 10.7. The van der Waals surface area contributed by atoms with Gasteiger partial charge >= 0.3 is 0 Å². The summed E-state index contributed by atoms with van der Waals surface area (Å²) in [5, 5.41) is 0. The van der Waals surface area contributed by atoms with Gasteiger partial charge in [0, 0.05) is 12.0 Å². The first-order valence-electron chi connectivity index (χ1n) is 7.32. The molecule has 0 aromatic heterocycles. The molecule has 0 saturated carbocycles. The molecule has 0 heterocycles. The summed E-state index contributed by atoms with van der Waals surface area (Å²) in [7, 11) is 0. The lowest BCUT2D eigenvalue weighted by Gasteiger charge is -2.20. The zero-order chi connectivity index (χ0) is 15.5. The van der Waals surface area contributed by atoms with Crippen LogP contribution in [0.25, 0.3) is 0 Å². The van der Waals surface area contributed by atoms with E-state index in [1.807, 2.05) is 30.3 Å². The quantitative estimate of drug-likeness (QED) is 0.943. The minimum Gasteiger partial charge on any atom is -0.488 e. The van der Waals surface area contributed by atoms with E-state index < -0.39 is 5.91 Å². The van der Waals surface area contributed by atoms with Gasteiger partial charge in [-0.15, -0.1) is 0 Å². The van der Waals surface area contributed by atoms with Gasteiger partial charge in [-0.25, -0.2) is 0 Å². The van der Waals surface area contributed by atoms with E-state index in [1.54, 1.807) is 12.1 Å². The van der Waals surface area contributed by atoms with Crippen LogP contribution in [0.2, 0.25) is 0 Å². The number of ether oxygens (including phenoxy) is 1. The highest BCUT2D eigenvalue weighted by molar-refractivity contribution is 6.05. The normalized spacial score (nSPS) is 13.5. The smallest absolute Gasteiger partial charge is 0.252 e. The molecule has 2 aromatic carbocycles. The Morgan fingerprint density at radius 3 is 2.59 bits per heavy atom. The van der Waals surface area contributed by atoms with Crippen molar-refractivity contribution >= 4 is 11.7 Å². The summed E-state index contributed by atoms with van der Waals surface area (Å²) in [5.41, 5.74) is 8.21. The first-order valence-corrected chi connectivity index (χ1v) is 7.32. The second kappa shape index (κ2) is 6.02. The Balaban J connectivity index is 1.94. The standard InChI is InChI=1S/C18H17NO3/c19-18(21)17-14-7-4-8-15(20)13(14)9-10-16(17)22-11-12-5-2-1-3-6-12/h1-3,5-6,9-10H,4,7-8,11H2,(H2,19,21). The number of rotatable bonds is 4. The van der Waals surface area contributed by atoms with Crippen LogP contribution in [-0.2, 0) is 13.0 Å². The molecule has 0 spiro atoms. The minimum atomic E-state index is -0.547. The third kappa shape index (κ3) is 2.72. The van der Waals surface area contributed by atoms with Crippen molar-refractivity contribution in [3.8, 4) is 5.75 Å². The molecule has 3 rings (SSSR count). The number of hydrogen-bond donors (Lipinski definition) is 1. The number of fused-ring (bicyclic) bond motifs is 1. The zero-order valence-electron chi connectivity index (χ0n) is 12.2. The van der Waals surface area contributed by atoms with Crippen LogP contribution in [0, 0.1) is 0 Å². The molecule has 1 amide bonds. The summed E-state index contributed by atoms with van der Waals surface area (Å²) in [5.74, 6) is -0.0298. The number of primary amides is 1. The second-order valence-electron chi connectivity index (χ2n) is 5.38. The average molecular weight is 295 g/mol. The van der Waals surface area contributed by atoms with E-state index in [2.05, 4.69) is 0 Å². The van der Waals surface area contributed by atoms with E-state index in [1.165, 1.54) is 0 Å². The molecule has 0 bridgehead atoms. The monoisotopic (exact) mass is 295 g/mol. The molecule has 22 heavy (non-hydrogen) atoms. The number of carbonyl (C=O) groups excluding carboxylic acids is 2. The molecule has 0 saturated heterocycles. The van der Waals surface area contributed by atoms with Crippen molar-refractivity contribution in [3.63, 3.8) is 0 Å². The van der Waals surface area contributed by atoms with Crippen molar-refractivity contribution in [2.45, 2.75) is 25.9 Å². The number of benzene rings is 2. The van der Waals surface area contributed by atoms with Crippen LogP contribution in [0.4, 0.5) is 0 Å². The molecule has 112 valence electrons. The molecule has 0 radical (unpaired) electrons. The fourth-order valence-electron chi connectivity index (χ4n) is 2.83. The highest BCUT2D eigenvalue weighted by Gasteiger charge is 2.25. The Hall–Kier alpha value is -2.62. The lowest BCUT2D eigenvalue weighted by molar-refractivity contribution is 0.0971. The van der Waals surface area contributed by atoms with Crippen molar-refractivity contribution in [2.75, 3.05) is 0 Å². The Kier molecular flexibility index (Phi) is 3.92. The zero-order valence-corrected chi connectivity index (χ0v) is 12.2. The van der Waals surface area contributed by atoms with E-state index >= 15 is 0 Å². The molecule has 1 aliphatic carbocycles. The van der Waals surface area contributed by atoms with Crippen molar-refractivity contribution < 1.29 is 14.3 Å². The third-order valence-electron chi connectivity index (χ3n) is 3.89. The first kappa shape index (κ1) is 14.3. The second-order valence-corrected chi connectivity index (χ2v) is 5.38. The van der Waals surface area contributed by atoms with Gasteiger partial charge in [0.2, 0.25) is 0 Å². The molecule has 0 fully saturated rings. The van der Waals surface area contributed by atoms with Gasteiger partial charge in [-0.2, -0.15) is 0 Å². The van der Waals surface area contributed by atoms with E-state index in [-0.39, 0.29) is 5.78 Å². The summed E-state index contributed by atoms with van der Waals surface area (Å²) in [6.45, 7) is 0.355. The minimum absolute atomic E-state index is 0.0679. The average Bonchev–Trinajstić information content (AvgIpc) is 2.53. The highest BCUT2D eigenvalue weighted by atomic mass is 16.5. The van der Waals surface area contributed by atoms with E-state index in [0.717, 1.165) is 17.5 Å². The largest absolute Gasteiger partial charge is 0.488 e. The molecular formula is C18H17NO3. The fourth-order valence-corrected chi connectivity index (χ4v) is 2.83. The Labute approximate surface area is 128 Å². The maximum atomic E-state index is 12.0. The number of amides is 1. The Morgan fingerprint density at radius 2 is 1.86 bits per heavy atom. The van der Waals surface area contributed by atoms with Crippen molar-refractivity contribution in [1.82, 2.24) is 0 Å². The molecule has 0 unspecified atom stereocenters. The van der Waals surface area contributed by atoms with Crippen LogP contribution < -0.4 is 10.5 Å². The number of nitrogens with two attached hydrogens (primary N) is 1. The van der Waals surface area contributed by atoms with Crippen LogP contribution in [-0.4, -0.2) is 11.7 Å². The van der Waals surface area contributed by atoms with E-state index in [9.17, 15) is 9.59 Å². The number of hydrogen-bond acceptors (Lipinski definition) is 3. The fraction of sp³-hybridized carbons (Fsp3) is 0.222. The van der Waals surface area contributed by atoms with Crippen LogP contribution in [0.5, 0.6) is 5.75 Å². The molecular weight excluding hydrogens is 278 g/mol. The summed E-state index contributed by atoms with van der Waals surface area (Å²) in [4.78, 5) is 23.8. The van der Waals surface area contributed by atoms with E-state index in [0.29, 0.717) is 36.3 Å². The maximum absolute atomic E-state index is 12.0. The summed E-state index contributed by atoms with van der Waals surface area (Å²) >= 11 is 0. The highest BCUT2D eigenvalue weighted by Crippen LogP contribution is 2.31. The summed E-state index contributed by atoms with van der Waals surface area (Å²) < 4.78 is 5.77. The SMILES string of the molecule is NC(=O)c1c(OCc2ccccc2)ccc2c1CCCC2=O. The van der Waals surface area contributed by atoms with Crippen LogP contribution in [0.1, 0.15) is 44.7 Å². The molecule has 2 N–H and O–H groups in total. The van der Waals surface area contributed by atoms with Gasteiger partial charge in [-0.05, 0) is 36.1 Å². The number of ketones is 1. The predicted molar refractivity (Wildman–Crippen MR) is 83.0 cm³/mol. The molecule has 4 heteroatoms. The van der Waals surface area contributed by atoms with Gasteiger partial charge in [0.15, 0.2) is 5.78 Å². The van der Waals surface area contributed by atoms with Crippen LogP contribution >= 0.6 is 0 Å². The lowest BCUT2D eigenvalue weighted by Crippen LogP contribution is -2.21. The Morgan fingerprint density at radius 1 is 1.09 bits per heavy atom. The molecule has 0 aliphatic heterocycles. The Bertz CT molecular complexity index is 723. The maximum Gasteiger partial charge on any atom is 0.252 e. The van der Waals surface area contributed by atoms with Crippen LogP contribution in [0.15, 0.2) is 42.5 Å². The van der Waals surface area contributed by atoms with Gasteiger partial charge in [-0.1, -0.05) is 30.3 Å². The molecule has 1 aliphatic rings. The van der Waals surface area contributed by atoms with Crippen molar-refractivity contribution in [2.24, 2.45) is 5.73 Å². The van der Waals surface area contributed by atoms with E-state index in [4.69, 9.17) is 10.5 Å². The summed E-state index contributed by atoms with van der Waals surface area (Å²) in [6.07, 6.45) is 1.95. The van der Waals surface area contributed by atoms with Gasteiger partial charge in [0.05, 0.1) is 5.56 Å². The number of carbonyl (C=O) groups is 2. The summed E-state index contributed by atoms with van der Waals surface area (Å²) in [6, 6.07) is 13.1. The molecule has 0 atom stereocenters. The number of Topliss-reactive ketones (excluding diaryl/α,β-unsaturated/α-hetero) is 1. The van der Waals surface area contributed by atoms with Crippen molar-refractivity contribution in [1.29, 1.82) is 0 Å². The topological polar surface area (TPSA) is 69.4 Å².